The van der Waals surface area contributed by atoms with Gasteiger partial charge in [-0.3, -0.25) is 4.79 Å². The van der Waals surface area contributed by atoms with Crippen LogP contribution >= 0.6 is 0 Å². The highest BCUT2D eigenvalue weighted by Crippen LogP contribution is 1.89. The van der Waals surface area contributed by atoms with Gasteiger partial charge in [-0.05, 0) is 6.92 Å². The predicted molar refractivity (Wildman–Crippen MR) is 62.5 cm³/mol. The monoisotopic (exact) mass is 226 g/mol. The Morgan fingerprint density at radius 1 is 1.56 bits per heavy atom. The smallest absolute Gasteiger partial charge is 0.293 e. The summed E-state index contributed by atoms with van der Waals surface area (Å²) >= 11 is 0. The molecule has 16 heavy (non-hydrogen) atoms. The quantitative estimate of drug-likeness (QED) is 0.551. The molecule has 0 fully saturated rings. The van der Waals surface area contributed by atoms with Crippen molar-refractivity contribution >= 4 is 5.82 Å². The lowest BCUT2D eigenvalue weighted by molar-refractivity contribution is 0.192. The zero-order valence-corrected chi connectivity index (χ0v) is 9.60. The van der Waals surface area contributed by atoms with Gasteiger partial charge in [-0.2, -0.15) is 0 Å². The van der Waals surface area contributed by atoms with E-state index in [0.29, 0.717) is 25.5 Å². The molecule has 6 heteroatoms. The molecule has 0 aromatic carbocycles. The first kappa shape index (κ1) is 12.7. The van der Waals surface area contributed by atoms with Gasteiger partial charge in [0, 0.05) is 39.1 Å². The predicted octanol–water partition coefficient (Wildman–Crippen LogP) is -0.837. The van der Waals surface area contributed by atoms with Crippen molar-refractivity contribution in [1.29, 1.82) is 0 Å². The molecule has 0 saturated heterocycles. The second-order valence-corrected chi connectivity index (χ2v) is 3.67. The molecule has 0 radical (unpaired) electrons. The van der Waals surface area contributed by atoms with Gasteiger partial charge in [-0.25, -0.2) is 4.98 Å². The highest BCUT2D eigenvalue weighted by atomic mass is 16.3. The number of nitrogens with zero attached hydrogens (tertiary/aromatic N) is 2. The summed E-state index contributed by atoms with van der Waals surface area (Å²) in [5, 5.41) is 15.0. The van der Waals surface area contributed by atoms with E-state index in [9.17, 15) is 4.79 Å². The van der Waals surface area contributed by atoms with E-state index in [4.69, 9.17) is 5.11 Å². The second kappa shape index (κ2) is 6.24. The molecule has 0 bridgehead atoms. The fraction of sp³-hybridized carbons (Fsp3) is 0.600. The van der Waals surface area contributed by atoms with Crippen molar-refractivity contribution in [2.45, 2.75) is 13.0 Å². The first-order valence-electron chi connectivity index (χ1n) is 5.25. The minimum Gasteiger partial charge on any atom is -0.392 e. The van der Waals surface area contributed by atoms with E-state index in [-0.39, 0.29) is 11.7 Å². The van der Waals surface area contributed by atoms with Gasteiger partial charge < -0.3 is 20.3 Å². The SMILES string of the molecule is CC(O)CNCCNc1nccn(C)c1=O. The molecule has 0 spiro atoms. The van der Waals surface area contributed by atoms with Gasteiger partial charge in [0.2, 0.25) is 0 Å². The third-order valence-electron chi connectivity index (χ3n) is 2.05. The Morgan fingerprint density at radius 2 is 2.31 bits per heavy atom. The summed E-state index contributed by atoms with van der Waals surface area (Å²) in [6, 6.07) is 0. The van der Waals surface area contributed by atoms with E-state index in [1.54, 1.807) is 26.4 Å². The number of anilines is 1. The van der Waals surface area contributed by atoms with Gasteiger partial charge in [0.05, 0.1) is 6.10 Å². The third-order valence-corrected chi connectivity index (χ3v) is 2.05. The zero-order chi connectivity index (χ0) is 12.0. The van der Waals surface area contributed by atoms with E-state index in [0.717, 1.165) is 0 Å². The van der Waals surface area contributed by atoms with E-state index < -0.39 is 0 Å². The zero-order valence-electron chi connectivity index (χ0n) is 9.60. The molecule has 0 aliphatic heterocycles. The summed E-state index contributed by atoms with van der Waals surface area (Å²) in [7, 11) is 1.68. The van der Waals surface area contributed by atoms with Crippen molar-refractivity contribution in [2.75, 3.05) is 25.0 Å². The molecule has 1 atom stereocenters. The van der Waals surface area contributed by atoms with E-state index in [1.165, 1.54) is 4.57 Å². The van der Waals surface area contributed by atoms with Crippen LogP contribution in [-0.4, -0.2) is 40.4 Å². The number of hydrogen-bond donors (Lipinski definition) is 3. The Hall–Kier alpha value is -1.40. The van der Waals surface area contributed by atoms with Crippen LogP contribution in [0.3, 0.4) is 0 Å². The maximum atomic E-state index is 11.5. The minimum atomic E-state index is -0.359. The molecule has 1 unspecified atom stereocenters. The van der Waals surface area contributed by atoms with Gasteiger partial charge in [0.25, 0.3) is 5.56 Å². The summed E-state index contributed by atoms with van der Waals surface area (Å²) in [6.45, 7) is 3.53. The molecule has 1 heterocycles. The number of rotatable bonds is 6. The Labute approximate surface area is 94.3 Å². The van der Waals surface area contributed by atoms with Crippen molar-refractivity contribution in [2.24, 2.45) is 7.05 Å². The second-order valence-electron chi connectivity index (χ2n) is 3.67. The summed E-state index contributed by atoms with van der Waals surface area (Å²) in [5.41, 5.74) is -0.141. The molecule has 1 aromatic rings. The number of nitrogens with one attached hydrogen (secondary N) is 2. The van der Waals surface area contributed by atoms with Crippen molar-refractivity contribution in [3.63, 3.8) is 0 Å². The average molecular weight is 226 g/mol. The van der Waals surface area contributed by atoms with Gasteiger partial charge in [-0.15, -0.1) is 0 Å². The van der Waals surface area contributed by atoms with Gasteiger partial charge in [0.15, 0.2) is 5.82 Å². The molecule has 1 aromatic heterocycles. The molecular formula is C10H18N4O2. The lowest BCUT2D eigenvalue weighted by Gasteiger charge is -2.08. The van der Waals surface area contributed by atoms with Crippen LogP contribution in [0.1, 0.15) is 6.92 Å². The highest BCUT2D eigenvalue weighted by molar-refractivity contribution is 5.30. The van der Waals surface area contributed by atoms with Crippen LogP contribution in [0.2, 0.25) is 0 Å². The van der Waals surface area contributed by atoms with Crippen LogP contribution in [0.4, 0.5) is 5.82 Å². The first-order valence-corrected chi connectivity index (χ1v) is 5.25. The Balaban J connectivity index is 2.32. The summed E-state index contributed by atoms with van der Waals surface area (Å²) in [4.78, 5) is 15.5. The van der Waals surface area contributed by atoms with E-state index in [1.807, 2.05) is 0 Å². The Kier molecular flexibility index (Phi) is 4.94. The van der Waals surface area contributed by atoms with Crippen molar-refractivity contribution in [1.82, 2.24) is 14.9 Å². The largest absolute Gasteiger partial charge is 0.392 e. The number of hydrogen-bond acceptors (Lipinski definition) is 5. The standard InChI is InChI=1S/C10H18N4O2/c1-8(15)7-11-3-4-12-9-10(16)14(2)6-5-13-9/h5-6,8,11,15H,3-4,7H2,1-2H3,(H,12,13). The van der Waals surface area contributed by atoms with Crippen LogP contribution in [0.25, 0.3) is 0 Å². The van der Waals surface area contributed by atoms with Crippen LogP contribution in [0.15, 0.2) is 17.2 Å². The highest BCUT2D eigenvalue weighted by Gasteiger charge is 2.00. The molecule has 90 valence electrons. The van der Waals surface area contributed by atoms with Crippen LogP contribution in [-0.2, 0) is 7.05 Å². The van der Waals surface area contributed by atoms with Crippen LogP contribution in [0.5, 0.6) is 0 Å². The number of aromatic nitrogens is 2. The topological polar surface area (TPSA) is 79.2 Å². The fourth-order valence-electron chi connectivity index (χ4n) is 1.20. The summed E-state index contributed by atoms with van der Waals surface area (Å²) in [5.74, 6) is 0.351. The number of aliphatic hydroxyl groups excluding tert-OH is 1. The molecule has 1 rings (SSSR count). The van der Waals surface area contributed by atoms with Gasteiger partial charge >= 0.3 is 0 Å². The summed E-state index contributed by atoms with van der Waals surface area (Å²) in [6.07, 6.45) is 2.83. The molecule has 0 saturated carbocycles. The lowest BCUT2D eigenvalue weighted by atomic mass is 10.4. The molecule has 0 aliphatic carbocycles. The Bertz CT molecular complexity index is 375. The maximum absolute atomic E-state index is 11.5. The summed E-state index contributed by atoms with van der Waals surface area (Å²) < 4.78 is 1.47. The Morgan fingerprint density at radius 3 is 3.00 bits per heavy atom. The van der Waals surface area contributed by atoms with E-state index in [2.05, 4.69) is 15.6 Å². The van der Waals surface area contributed by atoms with Crippen molar-refractivity contribution < 1.29 is 5.11 Å². The molecule has 0 aliphatic rings. The lowest BCUT2D eigenvalue weighted by Crippen LogP contribution is -2.30. The molecule has 6 nitrogen and oxygen atoms in total. The average Bonchev–Trinajstić information content (AvgIpc) is 2.23. The van der Waals surface area contributed by atoms with Crippen LogP contribution < -0.4 is 16.2 Å². The minimum absolute atomic E-state index is 0.141. The molecule has 0 amide bonds. The van der Waals surface area contributed by atoms with Gasteiger partial charge in [0.1, 0.15) is 0 Å². The van der Waals surface area contributed by atoms with Gasteiger partial charge in [-0.1, -0.05) is 0 Å². The number of aliphatic hydroxyl groups is 1. The number of aryl methyl sites for hydroxylation is 1. The van der Waals surface area contributed by atoms with Crippen LogP contribution in [0, 0.1) is 0 Å². The van der Waals surface area contributed by atoms with Crippen molar-refractivity contribution in [3.05, 3.63) is 22.7 Å². The normalized spacial score (nSPS) is 12.4. The fourth-order valence-corrected chi connectivity index (χ4v) is 1.20. The maximum Gasteiger partial charge on any atom is 0.293 e. The van der Waals surface area contributed by atoms with E-state index >= 15 is 0 Å². The third kappa shape index (κ3) is 4.00. The van der Waals surface area contributed by atoms with Crippen molar-refractivity contribution in [3.8, 4) is 0 Å². The first-order chi connectivity index (χ1) is 7.61. The molecular weight excluding hydrogens is 208 g/mol. The molecule has 3 N–H and O–H groups in total.